The first-order chi connectivity index (χ1) is 8.48. The summed E-state index contributed by atoms with van der Waals surface area (Å²) in [5.41, 5.74) is 5.27. The van der Waals surface area contributed by atoms with Gasteiger partial charge in [0.25, 0.3) is 0 Å². The molecule has 0 saturated heterocycles. The highest BCUT2D eigenvalue weighted by Gasteiger charge is 2.39. The van der Waals surface area contributed by atoms with Gasteiger partial charge in [-0.15, -0.1) is 0 Å². The van der Waals surface area contributed by atoms with Gasteiger partial charge < -0.3 is 16.2 Å². The van der Waals surface area contributed by atoms with Crippen molar-refractivity contribution in [2.45, 2.75) is 57.4 Å². The van der Waals surface area contributed by atoms with Gasteiger partial charge in [-0.25, -0.2) is 0 Å². The third-order valence-corrected chi connectivity index (χ3v) is 3.88. The molecule has 1 rings (SSSR count). The number of nitrogens with one attached hydrogen (secondary N) is 1. The van der Waals surface area contributed by atoms with E-state index < -0.39 is 11.5 Å². The standard InChI is InChI=1S/C13H24N2O3/c1-2-10(4-5-11(16)17)6-9-15-12(18)13(14)7-3-8-13/h10H,2-9,14H2,1H3,(H,15,18)(H,16,17). The molecule has 5 heteroatoms. The first-order valence-electron chi connectivity index (χ1n) is 6.77. The molecule has 0 bridgehead atoms. The number of carbonyl (C=O) groups excluding carboxylic acids is 1. The lowest BCUT2D eigenvalue weighted by atomic mass is 9.77. The second-order valence-electron chi connectivity index (χ2n) is 5.26. The van der Waals surface area contributed by atoms with Crippen LogP contribution in [0.15, 0.2) is 0 Å². The van der Waals surface area contributed by atoms with Crippen molar-refractivity contribution in [2.75, 3.05) is 6.54 Å². The minimum Gasteiger partial charge on any atom is -0.481 e. The minimum absolute atomic E-state index is 0.0539. The van der Waals surface area contributed by atoms with Crippen LogP contribution in [-0.2, 0) is 9.59 Å². The fourth-order valence-electron chi connectivity index (χ4n) is 2.23. The molecule has 1 atom stereocenters. The van der Waals surface area contributed by atoms with Crippen molar-refractivity contribution in [3.63, 3.8) is 0 Å². The van der Waals surface area contributed by atoms with E-state index in [-0.39, 0.29) is 12.3 Å². The number of hydrogen-bond acceptors (Lipinski definition) is 3. The minimum atomic E-state index is -0.757. The fourth-order valence-corrected chi connectivity index (χ4v) is 2.23. The normalized spacial score (nSPS) is 18.8. The molecule has 0 aromatic heterocycles. The third kappa shape index (κ3) is 4.29. The van der Waals surface area contributed by atoms with Gasteiger partial charge in [0.15, 0.2) is 0 Å². The maximum Gasteiger partial charge on any atom is 0.303 e. The van der Waals surface area contributed by atoms with E-state index in [2.05, 4.69) is 5.32 Å². The zero-order chi connectivity index (χ0) is 13.6. The lowest BCUT2D eigenvalue weighted by Crippen LogP contribution is -2.58. The Balaban J connectivity index is 2.18. The van der Waals surface area contributed by atoms with Gasteiger partial charge in [-0.2, -0.15) is 0 Å². The summed E-state index contributed by atoms with van der Waals surface area (Å²) in [4.78, 5) is 22.2. The topological polar surface area (TPSA) is 92.4 Å². The maximum atomic E-state index is 11.8. The summed E-state index contributed by atoms with van der Waals surface area (Å²) >= 11 is 0. The van der Waals surface area contributed by atoms with Crippen molar-refractivity contribution >= 4 is 11.9 Å². The lowest BCUT2D eigenvalue weighted by molar-refractivity contribution is -0.137. The van der Waals surface area contributed by atoms with Crippen molar-refractivity contribution in [1.82, 2.24) is 5.32 Å². The average Bonchev–Trinajstić information content (AvgIpc) is 2.29. The molecule has 0 radical (unpaired) electrons. The van der Waals surface area contributed by atoms with Crippen molar-refractivity contribution < 1.29 is 14.7 Å². The number of carboxylic acids is 1. The smallest absolute Gasteiger partial charge is 0.303 e. The molecule has 0 heterocycles. The fraction of sp³-hybridized carbons (Fsp3) is 0.846. The second-order valence-corrected chi connectivity index (χ2v) is 5.26. The Bertz CT molecular complexity index is 301. The van der Waals surface area contributed by atoms with Crippen LogP contribution in [0.25, 0.3) is 0 Å². The van der Waals surface area contributed by atoms with Crippen molar-refractivity contribution in [1.29, 1.82) is 0 Å². The molecule has 0 spiro atoms. The molecule has 104 valence electrons. The monoisotopic (exact) mass is 256 g/mol. The highest BCUT2D eigenvalue weighted by atomic mass is 16.4. The summed E-state index contributed by atoms with van der Waals surface area (Å²) in [5, 5.41) is 11.5. The Labute approximate surface area is 108 Å². The molecule has 0 aromatic carbocycles. The van der Waals surface area contributed by atoms with Crippen LogP contribution in [0.1, 0.15) is 51.9 Å². The Morgan fingerprint density at radius 1 is 1.39 bits per heavy atom. The summed E-state index contributed by atoms with van der Waals surface area (Å²) in [6.07, 6.45) is 5.22. The Kier molecular flexibility index (Phi) is 5.59. The van der Waals surface area contributed by atoms with Crippen LogP contribution in [-0.4, -0.2) is 29.1 Å². The van der Waals surface area contributed by atoms with E-state index in [0.29, 0.717) is 18.9 Å². The van der Waals surface area contributed by atoms with Gasteiger partial charge in [0.1, 0.15) is 0 Å². The van der Waals surface area contributed by atoms with E-state index in [9.17, 15) is 9.59 Å². The van der Waals surface area contributed by atoms with Crippen molar-refractivity contribution in [2.24, 2.45) is 11.7 Å². The van der Waals surface area contributed by atoms with E-state index in [4.69, 9.17) is 10.8 Å². The third-order valence-electron chi connectivity index (χ3n) is 3.88. The predicted octanol–water partition coefficient (Wildman–Crippen LogP) is 1.27. The number of amides is 1. The molecule has 1 aliphatic carbocycles. The predicted molar refractivity (Wildman–Crippen MR) is 69.0 cm³/mol. The second kappa shape index (κ2) is 6.73. The van der Waals surface area contributed by atoms with E-state index in [1.165, 1.54) is 0 Å². The van der Waals surface area contributed by atoms with Gasteiger partial charge in [0, 0.05) is 13.0 Å². The Hall–Kier alpha value is -1.10. The van der Waals surface area contributed by atoms with E-state index in [1.807, 2.05) is 6.92 Å². The number of rotatable bonds is 8. The molecule has 1 aliphatic rings. The molecule has 18 heavy (non-hydrogen) atoms. The largest absolute Gasteiger partial charge is 0.481 e. The lowest BCUT2D eigenvalue weighted by Gasteiger charge is -2.36. The number of nitrogens with two attached hydrogens (primary N) is 1. The van der Waals surface area contributed by atoms with Crippen LogP contribution in [0, 0.1) is 5.92 Å². The highest BCUT2D eigenvalue weighted by Crippen LogP contribution is 2.29. The molecule has 1 amide bonds. The molecule has 0 aromatic rings. The first-order valence-corrected chi connectivity index (χ1v) is 6.77. The summed E-state index contributed by atoms with van der Waals surface area (Å²) in [5.74, 6) is -0.453. The Morgan fingerprint density at radius 3 is 2.50 bits per heavy atom. The first kappa shape index (κ1) is 15.0. The quantitative estimate of drug-likeness (QED) is 0.609. The molecule has 1 fully saturated rings. The zero-order valence-electron chi connectivity index (χ0n) is 11.1. The van der Waals surface area contributed by atoms with Crippen LogP contribution in [0.5, 0.6) is 0 Å². The molecular formula is C13H24N2O3. The average molecular weight is 256 g/mol. The summed E-state index contributed by atoms with van der Waals surface area (Å²) < 4.78 is 0. The van der Waals surface area contributed by atoms with Crippen LogP contribution < -0.4 is 11.1 Å². The zero-order valence-corrected chi connectivity index (χ0v) is 11.1. The summed E-state index contributed by atoms with van der Waals surface area (Å²) in [6.45, 7) is 2.64. The van der Waals surface area contributed by atoms with Crippen LogP contribution in [0.2, 0.25) is 0 Å². The van der Waals surface area contributed by atoms with Crippen LogP contribution in [0.3, 0.4) is 0 Å². The van der Waals surface area contributed by atoms with Gasteiger partial charge in [-0.1, -0.05) is 13.3 Å². The van der Waals surface area contributed by atoms with Gasteiger partial charge in [0.2, 0.25) is 5.91 Å². The number of carbonyl (C=O) groups is 2. The van der Waals surface area contributed by atoms with E-state index in [0.717, 1.165) is 32.1 Å². The van der Waals surface area contributed by atoms with Crippen LogP contribution >= 0.6 is 0 Å². The number of aliphatic carboxylic acids is 1. The number of carboxylic acid groups (broad SMARTS) is 1. The van der Waals surface area contributed by atoms with Crippen molar-refractivity contribution in [3.05, 3.63) is 0 Å². The molecule has 0 aliphatic heterocycles. The highest BCUT2D eigenvalue weighted by molar-refractivity contribution is 5.86. The molecular weight excluding hydrogens is 232 g/mol. The van der Waals surface area contributed by atoms with Gasteiger partial charge >= 0.3 is 5.97 Å². The molecule has 5 nitrogen and oxygen atoms in total. The van der Waals surface area contributed by atoms with Gasteiger partial charge in [-0.05, 0) is 38.0 Å². The van der Waals surface area contributed by atoms with Crippen LogP contribution in [0.4, 0.5) is 0 Å². The maximum absolute atomic E-state index is 11.8. The van der Waals surface area contributed by atoms with Gasteiger partial charge in [0.05, 0.1) is 5.54 Å². The Morgan fingerprint density at radius 2 is 2.06 bits per heavy atom. The summed E-state index contributed by atoms with van der Waals surface area (Å²) in [6, 6.07) is 0. The van der Waals surface area contributed by atoms with E-state index >= 15 is 0 Å². The molecule has 1 saturated carbocycles. The summed E-state index contributed by atoms with van der Waals surface area (Å²) in [7, 11) is 0. The SMILES string of the molecule is CCC(CCNC(=O)C1(N)CCC1)CCC(=O)O. The van der Waals surface area contributed by atoms with Crippen molar-refractivity contribution in [3.8, 4) is 0 Å². The number of hydrogen-bond donors (Lipinski definition) is 3. The molecule has 4 N–H and O–H groups in total. The van der Waals surface area contributed by atoms with E-state index in [1.54, 1.807) is 0 Å². The van der Waals surface area contributed by atoms with Gasteiger partial charge in [-0.3, -0.25) is 9.59 Å². The molecule has 1 unspecified atom stereocenters.